The summed E-state index contributed by atoms with van der Waals surface area (Å²) in [5.74, 6) is 0. The maximum absolute atomic E-state index is 4.37. The van der Waals surface area contributed by atoms with Gasteiger partial charge in [-0.05, 0) is 32.0 Å². The Balaban J connectivity index is 1.93. The molecule has 0 aromatic carbocycles. The number of hydrogen-bond donors (Lipinski definition) is 1. The molecule has 19 heavy (non-hydrogen) atoms. The van der Waals surface area contributed by atoms with Crippen LogP contribution in [0.1, 0.15) is 76.9 Å². The lowest BCUT2D eigenvalue weighted by atomic mass is 10.1. The SMILES string of the molecule is CCCCCCCCCCN[C@H](C)c1ccccn1. The van der Waals surface area contributed by atoms with Crippen molar-refractivity contribution in [1.82, 2.24) is 10.3 Å². The summed E-state index contributed by atoms with van der Waals surface area (Å²) in [6.07, 6.45) is 12.9. The summed E-state index contributed by atoms with van der Waals surface area (Å²) >= 11 is 0. The molecule has 0 saturated carbocycles. The third-order valence-corrected chi connectivity index (χ3v) is 3.61. The zero-order chi connectivity index (χ0) is 13.8. The molecule has 0 spiro atoms. The Morgan fingerprint density at radius 2 is 1.68 bits per heavy atom. The van der Waals surface area contributed by atoms with Crippen molar-refractivity contribution in [3.8, 4) is 0 Å². The van der Waals surface area contributed by atoms with Crippen LogP contribution < -0.4 is 5.32 Å². The molecular formula is C17H30N2. The summed E-state index contributed by atoms with van der Waals surface area (Å²) < 4.78 is 0. The molecule has 1 N–H and O–H groups in total. The number of hydrogen-bond acceptors (Lipinski definition) is 2. The van der Waals surface area contributed by atoms with Crippen LogP contribution in [-0.2, 0) is 0 Å². The number of unbranched alkanes of at least 4 members (excludes halogenated alkanes) is 7. The van der Waals surface area contributed by atoms with Gasteiger partial charge in [0, 0.05) is 12.2 Å². The van der Waals surface area contributed by atoms with Gasteiger partial charge in [-0.2, -0.15) is 0 Å². The summed E-state index contributed by atoms with van der Waals surface area (Å²) in [4.78, 5) is 4.37. The topological polar surface area (TPSA) is 24.9 Å². The minimum absolute atomic E-state index is 0.366. The van der Waals surface area contributed by atoms with Gasteiger partial charge in [-0.3, -0.25) is 4.98 Å². The van der Waals surface area contributed by atoms with Crippen molar-refractivity contribution in [2.75, 3.05) is 6.54 Å². The van der Waals surface area contributed by atoms with E-state index < -0.39 is 0 Å². The molecule has 1 aromatic heterocycles. The second kappa shape index (κ2) is 11.0. The summed E-state index contributed by atoms with van der Waals surface area (Å²) in [5, 5.41) is 3.55. The van der Waals surface area contributed by atoms with Crippen LogP contribution in [0.15, 0.2) is 24.4 Å². The van der Waals surface area contributed by atoms with Crippen LogP contribution in [0, 0.1) is 0 Å². The molecule has 1 heterocycles. The van der Waals surface area contributed by atoms with Crippen LogP contribution in [-0.4, -0.2) is 11.5 Å². The zero-order valence-electron chi connectivity index (χ0n) is 12.7. The average Bonchev–Trinajstić information content (AvgIpc) is 2.46. The molecule has 108 valence electrons. The van der Waals surface area contributed by atoms with E-state index in [9.17, 15) is 0 Å². The fraction of sp³-hybridized carbons (Fsp3) is 0.706. The van der Waals surface area contributed by atoms with Gasteiger partial charge in [-0.15, -0.1) is 0 Å². The summed E-state index contributed by atoms with van der Waals surface area (Å²) in [6.45, 7) is 5.56. The van der Waals surface area contributed by atoms with Gasteiger partial charge in [-0.1, -0.05) is 57.9 Å². The highest BCUT2D eigenvalue weighted by molar-refractivity contribution is 5.07. The van der Waals surface area contributed by atoms with E-state index in [1.807, 2.05) is 12.3 Å². The van der Waals surface area contributed by atoms with E-state index in [-0.39, 0.29) is 0 Å². The maximum atomic E-state index is 4.37. The fourth-order valence-electron chi connectivity index (χ4n) is 2.31. The third kappa shape index (κ3) is 7.99. The molecule has 1 atom stereocenters. The van der Waals surface area contributed by atoms with Gasteiger partial charge in [0.25, 0.3) is 0 Å². The molecule has 0 saturated heterocycles. The first-order chi connectivity index (χ1) is 9.34. The lowest BCUT2D eigenvalue weighted by Gasteiger charge is -2.12. The number of rotatable bonds is 11. The van der Waals surface area contributed by atoms with Gasteiger partial charge in [0.1, 0.15) is 0 Å². The van der Waals surface area contributed by atoms with Crippen molar-refractivity contribution >= 4 is 0 Å². The molecule has 0 aliphatic heterocycles. The largest absolute Gasteiger partial charge is 0.309 e. The van der Waals surface area contributed by atoms with Gasteiger partial charge >= 0.3 is 0 Å². The maximum Gasteiger partial charge on any atom is 0.0570 e. The Labute approximate surface area is 119 Å². The molecule has 1 rings (SSSR count). The predicted molar refractivity (Wildman–Crippen MR) is 83.3 cm³/mol. The van der Waals surface area contributed by atoms with Crippen molar-refractivity contribution in [3.63, 3.8) is 0 Å². The van der Waals surface area contributed by atoms with Crippen LogP contribution in [0.5, 0.6) is 0 Å². The number of aromatic nitrogens is 1. The van der Waals surface area contributed by atoms with Gasteiger partial charge < -0.3 is 5.32 Å². The van der Waals surface area contributed by atoms with E-state index >= 15 is 0 Å². The van der Waals surface area contributed by atoms with Crippen molar-refractivity contribution in [2.45, 2.75) is 71.3 Å². The van der Waals surface area contributed by atoms with Crippen LogP contribution >= 0.6 is 0 Å². The minimum atomic E-state index is 0.366. The second-order valence-electron chi connectivity index (χ2n) is 5.41. The van der Waals surface area contributed by atoms with E-state index in [0.717, 1.165) is 12.2 Å². The third-order valence-electron chi connectivity index (χ3n) is 3.61. The molecule has 0 aliphatic carbocycles. The molecule has 0 fully saturated rings. The second-order valence-corrected chi connectivity index (χ2v) is 5.41. The van der Waals surface area contributed by atoms with E-state index in [1.54, 1.807) is 0 Å². The highest BCUT2D eigenvalue weighted by Gasteiger charge is 2.03. The van der Waals surface area contributed by atoms with Crippen LogP contribution in [0.3, 0.4) is 0 Å². The van der Waals surface area contributed by atoms with Crippen molar-refractivity contribution in [3.05, 3.63) is 30.1 Å². The summed E-state index contributed by atoms with van der Waals surface area (Å²) in [6, 6.07) is 6.47. The molecule has 1 aromatic rings. The Morgan fingerprint density at radius 1 is 1.00 bits per heavy atom. The molecule has 0 bridgehead atoms. The van der Waals surface area contributed by atoms with Crippen LogP contribution in [0.2, 0.25) is 0 Å². The molecular weight excluding hydrogens is 232 g/mol. The summed E-state index contributed by atoms with van der Waals surface area (Å²) in [7, 11) is 0. The molecule has 0 radical (unpaired) electrons. The monoisotopic (exact) mass is 262 g/mol. The first kappa shape index (κ1) is 16.2. The first-order valence-corrected chi connectivity index (χ1v) is 7.99. The normalized spacial score (nSPS) is 12.5. The van der Waals surface area contributed by atoms with Gasteiger partial charge in [-0.25, -0.2) is 0 Å². The molecule has 0 amide bonds. The van der Waals surface area contributed by atoms with Gasteiger partial charge in [0.05, 0.1) is 5.69 Å². The van der Waals surface area contributed by atoms with E-state index in [4.69, 9.17) is 0 Å². The quantitative estimate of drug-likeness (QED) is 0.575. The molecule has 0 aliphatic rings. The lowest BCUT2D eigenvalue weighted by molar-refractivity contribution is 0.515. The van der Waals surface area contributed by atoms with Crippen LogP contribution in [0.4, 0.5) is 0 Å². The lowest BCUT2D eigenvalue weighted by Crippen LogP contribution is -2.20. The fourth-order valence-corrected chi connectivity index (χ4v) is 2.31. The predicted octanol–water partition coefficient (Wildman–Crippen LogP) is 4.87. The first-order valence-electron chi connectivity index (χ1n) is 7.99. The van der Waals surface area contributed by atoms with Gasteiger partial charge in [0.2, 0.25) is 0 Å². The van der Waals surface area contributed by atoms with Gasteiger partial charge in [0.15, 0.2) is 0 Å². The number of pyridine rings is 1. The molecule has 2 heteroatoms. The van der Waals surface area contributed by atoms with Crippen molar-refractivity contribution in [2.24, 2.45) is 0 Å². The highest BCUT2D eigenvalue weighted by atomic mass is 14.9. The zero-order valence-corrected chi connectivity index (χ0v) is 12.7. The van der Waals surface area contributed by atoms with Crippen molar-refractivity contribution in [1.29, 1.82) is 0 Å². The number of nitrogens with one attached hydrogen (secondary N) is 1. The molecule has 2 nitrogen and oxygen atoms in total. The smallest absolute Gasteiger partial charge is 0.0570 e. The average molecular weight is 262 g/mol. The summed E-state index contributed by atoms with van der Waals surface area (Å²) in [5.41, 5.74) is 1.14. The van der Waals surface area contributed by atoms with Crippen molar-refractivity contribution < 1.29 is 0 Å². The number of nitrogens with zero attached hydrogens (tertiary/aromatic N) is 1. The Morgan fingerprint density at radius 3 is 2.32 bits per heavy atom. The minimum Gasteiger partial charge on any atom is -0.309 e. The highest BCUT2D eigenvalue weighted by Crippen LogP contribution is 2.10. The van der Waals surface area contributed by atoms with E-state index in [2.05, 4.69) is 36.3 Å². The van der Waals surface area contributed by atoms with E-state index in [0.29, 0.717) is 6.04 Å². The molecule has 0 unspecified atom stereocenters. The Hall–Kier alpha value is -0.890. The Bertz CT molecular complexity index is 297. The Kier molecular flexibility index (Phi) is 9.34. The standard InChI is InChI=1S/C17H30N2/c1-3-4-5-6-7-8-9-11-14-18-16(2)17-13-10-12-15-19-17/h10,12-13,15-16,18H,3-9,11,14H2,1-2H3/t16-/m1/s1. The van der Waals surface area contributed by atoms with Crippen LogP contribution in [0.25, 0.3) is 0 Å². The van der Waals surface area contributed by atoms with E-state index in [1.165, 1.54) is 51.4 Å².